The molecule has 0 heterocycles. The Balaban J connectivity index is -0.000000177. The zero-order valence-corrected chi connectivity index (χ0v) is 12.1. The van der Waals surface area contributed by atoms with E-state index in [1.165, 1.54) is 0 Å². The minimum Gasteiger partial charge on any atom is -0.541 e. The van der Waals surface area contributed by atoms with E-state index < -0.39 is 0 Å². The van der Waals surface area contributed by atoms with E-state index in [1.54, 1.807) is 6.92 Å². The molecule has 0 saturated heterocycles. The van der Waals surface area contributed by atoms with Crippen molar-refractivity contribution in [1.82, 2.24) is 0 Å². The van der Waals surface area contributed by atoms with Crippen LogP contribution in [-0.4, -0.2) is 19.5 Å². The van der Waals surface area contributed by atoms with Gasteiger partial charge in [0.1, 0.15) is 0 Å². The third-order valence-corrected chi connectivity index (χ3v) is 0.773. The Morgan fingerprint density at radius 2 is 1.92 bits per heavy atom. The summed E-state index contributed by atoms with van der Waals surface area (Å²) in [6, 6.07) is 0. The Labute approximate surface area is 104 Å². The van der Waals surface area contributed by atoms with Gasteiger partial charge in [0.15, 0.2) is 0 Å². The van der Waals surface area contributed by atoms with Crippen LogP contribution in [0.5, 0.6) is 0 Å². The average molecular weight is 297 g/mol. The van der Waals surface area contributed by atoms with Crippen LogP contribution in [0.25, 0.3) is 0 Å². The Morgan fingerprint density at radius 1 is 1.50 bits per heavy atom. The van der Waals surface area contributed by atoms with Crippen molar-refractivity contribution in [3.8, 4) is 0 Å². The first-order valence-electron chi connectivity index (χ1n) is 3.92. The van der Waals surface area contributed by atoms with Gasteiger partial charge in [-0.05, 0) is 6.92 Å². The Bertz CT molecular complexity index is 76.9. The summed E-state index contributed by atoms with van der Waals surface area (Å²) in [4.78, 5) is 9.81. The zero-order chi connectivity index (χ0) is 9.11. The van der Waals surface area contributed by atoms with Crippen molar-refractivity contribution in [2.75, 3.05) is 13.2 Å². The molecule has 1 radical (unpaired) electrons. The van der Waals surface area contributed by atoms with Crippen molar-refractivity contribution >= 4 is 6.29 Å². The first-order valence-corrected chi connectivity index (χ1v) is 3.92. The molecule has 0 aliphatic carbocycles. The SMILES string of the molecule is CCOCC(C)[C-]=O.C[CH-]C.[La]. The Hall–Kier alpha value is 0.825. The molecule has 0 saturated carbocycles. The molecule has 0 fully saturated rings. The minimum atomic E-state index is -0.0741. The van der Waals surface area contributed by atoms with Gasteiger partial charge in [-0.25, -0.2) is 0 Å². The van der Waals surface area contributed by atoms with Crippen LogP contribution in [0.15, 0.2) is 0 Å². The van der Waals surface area contributed by atoms with Gasteiger partial charge in [0.2, 0.25) is 0 Å². The van der Waals surface area contributed by atoms with Crippen molar-refractivity contribution < 1.29 is 45.1 Å². The van der Waals surface area contributed by atoms with Crippen molar-refractivity contribution in [2.24, 2.45) is 5.92 Å². The maximum absolute atomic E-state index is 9.81. The van der Waals surface area contributed by atoms with Crippen LogP contribution in [-0.2, 0) is 9.53 Å². The van der Waals surface area contributed by atoms with Gasteiger partial charge in [-0.2, -0.15) is 13.8 Å². The second-order valence-corrected chi connectivity index (χ2v) is 2.26. The fourth-order valence-electron chi connectivity index (χ4n) is 0.329. The number of hydrogen-bond acceptors (Lipinski definition) is 2. The summed E-state index contributed by atoms with van der Waals surface area (Å²) >= 11 is 0. The molecule has 0 amide bonds. The third-order valence-electron chi connectivity index (χ3n) is 0.773. The summed E-state index contributed by atoms with van der Waals surface area (Å²) < 4.78 is 4.92. The normalized spacial score (nSPS) is 10.3. The van der Waals surface area contributed by atoms with E-state index >= 15 is 0 Å². The van der Waals surface area contributed by atoms with E-state index in [9.17, 15) is 4.79 Å². The molecule has 0 spiro atoms. The first-order chi connectivity index (χ1) is 5.22. The predicted molar refractivity (Wildman–Crippen MR) is 47.0 cm³/mol. The van der Waals surface area contributed by atoms with Crippen LogP contribution in [0.1, 0.15) is 27.7 Å². The zero-order valence-electron chi connectivity index (χ0n) is 8.46. The molecule has 0 aliphatic heterocycles. The van der Waals surface area contributed by atoms with E-state index in [0.29, 0.717) is 13.2 Å². The Kier molecular flexibility index (Phi) is 27.5. The van der Waals surface area contributed by atoms with Gasteiger partial charge < -0.3 is 16.0 Å². The van der Waals surface area contributed by atoms with E-state index in [0.717, 1.165) is 0 Å². The maximum atomic E-state index is 9.81. The average Bonchev–Trinajstić information content (AvgIpc) is 2.02. The van der Waals surface area contributed by atoms with E-state index in [4.69, 9.17) is 4.74 Å². The second-order valence-electron chi connectivity index (χ2n) is 2.26. The minimum absolute atomic E-state index is 0. The molecular formula is C9H18LaO2-2. The smallest absolute Gasteiger partial charge is 0.0436 e. The molecule has 0 N–H and O–H groups in total. The van der Waals surface area contributed by atoms with Gasteiger partial charge in [-0.3, -0.25) is 6.29 Å². The van der Waals surface area contributed by atoms with Crippen molar-refractivity contribution in [1.29, 1.82) is 0 Å². The van der Waals surface area contributed by atoms with Crippen molar-refractivity contribution in [3.63, 3.8) is 0 Å². The molecule has 0 aliphatic rings. The summed E-state index contributed by atoms with van der Waals surface area (Å²) in [5.74, 6) is -0.0741. The molecule has 12 heavy (non-hydrogen) atoms. The molecular weight excluding hydrogens is 279 g/mol. The summed E-state index contributed by atoms with van der Waals surface area (Å²) in [6.45, 7) is 8.85. The monoisotopic (exact) mass is 297 g/mol. The van der Waals surface area contributed by atoms with Crippen LogP contribution in [0, 0.1) is 47.9 Å². The van der Waals surface area contributed by atoms with Crippen LogP contribution in [0.4, 0.5) is 0 Å². The van der Waals surface area contributed by atoms with Crippen molar-refractivity contribution in [2.45, 2.75) is 27.7 Å². The summed E-state index contributed by atoms with van der Waals surface area (Å²) in [6.07, 6.45) is 3.82. The molecule has 0 aromatic heterocycles. The fraction of sp³-hybridized carbons (Fsp3) is 0.778. The standard InChI is InChI=1S/C6H11O2.C3H7.La/c1-3-8-5-6(2)4-7;1-3-2;/h6H,3,5H2,1-2H3;3H,1-2H3;/q2*-1;. The van der Waals surface area contributed by atoms with E-state index in [1.807, 2.05) is 33.5 Å². The molecule has 1 atom stereocenters. The van der Waals surface area contributed by atoms with Crippen LogP contribution in [0.2, 0.25) is 0 Å². The molecule has 0 aromatic carbocycles. The predicted octanol–water partition coefficient (Wildman–Crippen LogP) is 2.00. The van der Waals surface area contributed by atoms with E-state index in [2.05, 4.69) is 0 Å². The molecule has 1 unspecified atom stereocenters. The van der Waals surface area contributed by atoms with Gasteiger partial charge >= 0.3 is 0 Å². The van der Waals surface area contributed by atoms with Gasteiger partial charge in [0.05, 0.1) is 0 Å². The Morgan fingerprint density at radius 3 is 2.17 bits per heavy atom. The van der Waals surface area contributed by atoms with Crippen LogP contribution in [0.3, 0.4) is 0 Å². The van der Waals surface area contributed by atoms with Gasteiger partial charge in [-0.1, -0.05) is 6.92 Å². The molecule has 3 heteroatoms. The summed E-state index contributed by atoms with van der Waals surface area (Å²) in [7, 11) is 0. The number of rotatable bonds is 4. The summed E-state index contributed by atoms with van der Waals surface area (Å²) in [5.41, 5.74) is 0. The van der Waals surface area contributed by atoms with Crippen LogP contribution < -0.4 is 0 Å². The molecule has 0 bridgehead atoms. The molecule has 71 valence electrons. The number of hydrogen-bond donors (Lipinski definition) is 0. The maximum Gasteiger partial charge on any atom is 0.0436 e. The largest absolute Gasteiger partial charge is 0.541 e. The van der Waals surface area contributed by atoms with E-state index in [-0.39, 0.29) is 41.5 Å². The first kappa shape index (κ1) is 18.6. The van der Waals surface area contributed by atoms with Gasteiger partial charge in [0.25, 0.3) is 0 Å². The molecule has 0 aromatic rings. The number of ether oxygens (including phenoxy) is 1. The van der Waals surface area contributed by atoms with Gasteiger partial charge in [-0.15, -0.1) is 5.92 Å². The van der Waals surface area contributed by atoms with Crippen molar-refractivity contribution in [3.05, 3.63) is 6.42 Å². The third kappa shape index (κ3) is 22.4. The fourth-order valence-corrected chi connectivity index (χ4v) is 0.329. The summed E-state index contributed by atoms with van der Waals surface area (Å²) in [5, 5.41) is 0. The molecule has 0 rings (SSSR count). The van der Waals surface area contributed by atoms with Crippen LogP contribution >= 0.6 is 0 Å². The quantitative estimate of drug-likeness (QED) is 0.742. The number of carbonyl (C=O) groups excluding carboxylic acids is 1. The second kappa shape index (κ2) is 17.8. The topological polar surface area (TPSA) is 26.3 Å². The van der Waals surface area contributed by atoms with Gasteiger partial charge in [0, 0.05) is 48.8 Å². The molecule has 2 nitrogen and oxygen atoms in total.